The fraction of sp³-hybridized carbons (Fsp3) is 0.0769. The molecule has 0 aliphatic carbocycles. The van der Waals surface area contributed by atoms with Gasteiger partial charge in [0.1, 0.15) is 5.82 Å². The maximum Gasteiger partial charge on any atom is 0.337 e. The van der Waals surface area contributed by atoms with Gasteiger partial charge in [-0.25, -0.2) is 9.18 Å². The second kappa shape index (κ2) is 4.33. The van der Waals surface area contributed by atoms with Crippen molar-refractivity contribution in [2.45, 2.75) is 6.92 Å². The summed E-state index contributed by atoms with van der Waals surface area (Å²) < 4.78 is 13.2. The lowest BCUT2D eigenvalue weighted by atomic mass is 10.0. The Morgan fingerprint density at radius 3 is 2.59 bits per heavy atom. The van der Waals surface area contributed by atoms with Crippen molar-refractivity contribution in [3.05, 3.63) is 53.6 Å². The molecule has 0 unspecified atom stereocenters. The quantitative estimate of drug-likeness (QED) is 0.864. The van der Waals surface area contributed by atoms with Crippen molar-refractivity contribution in [2.75, 3.05) is 0 Å². The Balaban J connectivity index is 2.52. The Morgan fingerprint density at radius 2 is 1.94 bits per heavy atom. The molecule has 0 spiro atoms. The van der Waals surface area contributed by atoms with Gasteiger partial charge in [0.05, 0.1) is 5.56 Å². The Bertz CT molecular complexity index is 561. The number of rotatable bonds is 2. The van der Waals surface area contributed by atoms with Crippen molar-refractivity contribution in [2.24, 2.45) is 0 Å². The molecule has 0 amide bonds. The summed E-state index contributed by atoms with van der Waals surface area (Å²) in [7, 11) is 0. The highest BCUT2D eigenvalue weighted by Gasteiger charge is 2.07. The van der Waals surface area contributed by atoms with Gasteiger partial charge in [-0.05, 0) is 36.2 Å². The fourth-order valence-electron chi connectivity index (χ4n) is 1.62. The molecule has 0 saturated carbocycles. The number of halogens is 1. The summed E-state index contributed by atoms with van der Waals surface area (Å²) in [5.41, 5.74) is 2.08. The van der Waals surface area contributed by atoms with Gasteiger partial charge in [-0.2, -0.15) is 0 Å². The van der Waals surface area contributed by atoms with Crippen molar-refractivity contribution >= 4 is 5.97 Å². The van der Waals surface area contributed by atoms with E-state index in [1.165, 1.54) is 30.6 Å². The maximum absolute atomic E-state index is 13.2. The van der Waals surface area contributed by atoms with Crippen LogP contribution in [-0.2, 0) is 0 Å². The number of aromatic nitrogens is 1. The molecule has 0 fully saturated rings. The first-order valence-electron chi connectivity index (χ1n) is 5.02. The number of aromatic carboxylic acids is 1. The fourth-order valence-corrected chi connectivity index (χ4v) is 1.62. The van der Waals surface area contributed by atoms with Crippen LogP contribution in [0.4, 0.5) is 4.39 Å². The van der Waals surface area contributed by atoms with E-state index in [4.69, 9.17) is 5.11 Å². The molecule has 3 nitrogen and oxygen atoms in total. The molecule has 0 bridgehead atoms. The summed E-state index contributed by atoms with van der Waals surface area (Å²) in [6.45, 7) is 1.78. The Kier molecular flexibility index (Phi) is 2.87. The lowest BCUT2D eigenvalue weighted by Crippen LogP contribution is -1.97. The van der Waals surface area contributed by atoms with Gasteiger partial charge >= 0.3 is 5.97 Å². The summed E-state index contributed by atoms with van der Waals surface area (Å²) in [6, 6.07) is 6.03. The van der Waals surface area contributed by atoms with Crippen LogP contribution < -0.4 is 0 Å². The van der Waals surface area contributed by atoms with E-state index < -0.39 is 5.97 Å². The number of benzene rings is 1. The van der Waals surface area contributed by atoms with Gasteiger partial charge in [0.15, 0.2) is 0 Å². The molecule has 0 radical (unpaired) electrons. The molecule has 0 atom stereocenters. The third-order valence-electron chi connectivity index (χ3n) is 2.36. The third kappa shape index (κ3) is 2.47. The van der Waals surface area contributed by atoms with Gasteiger partial charge in [-0.15, -0.1) is 0 Å². The summed E-state index contributed by atoms with van der Waals surface area (Å²) in [6.07, 6.45) is 2.78. The predicted octanol–water partition coefficient (Wildman–Crippen LogP) is 2.89. The topological polar surface area (TPSA) is 50.2 Å². The van der Waals surface area contributed by atoms with Gasteiger partial charge in [0, 0.05) is 18.0 Å². The van der Waals surface area contributed by atoms with E-state index in [1.54, 1.807) is 13.0 Å². The highest BCUT2D eigenvalue weighted by Crippen LogP contribution is 2.22. The maximum atomic E-state index is 13.2. The average Bonchev–Trinajstić information content (AvgIpc) is 2.28. The number of hydrogen-bond acceptors (Lipinski definition) is 2. The van der Waals surface area contributed by atoms with Gasteiger partial charge < -0.3 is 5.11 Å². The number of carbonyl (C=O) groups is 1. The van der Waals surface area contributed by atoms with Crippen LogP contribution in [-0.4, -0.2) is 16.1 Å². The highest BCUT2D eigenvalue weighted by atomic mass is 19.1. The Morgan fingerprint density at radius 1 is 1.18 bits per heavy atom. The normalized spacial score (nSPS) is 10.2. The molecule has 0 saturated heterocycles. The van der Waals surface area contributed by atoms with E-state index in [0.29, 0.717) is 11.1 Å². The van der Waals surface area contributed by atoms with Crippen LogP contribution in [0.15, 0.2) is 36.7 Å². The van der Waals surface area contributed by atoms with Crippen molar-refractivity contribution in [1.82, 2.24) is 4.98 Å². The zero-order valence-corrected chi connectivity index (χ0v) is 9.14. The third-order valence-corrected chi connectivity index (χ3v) is 2.36. The molecular weight excluding hydrogens is 221 g/mol. The van der Waals surface area contributed by atoms with Crippen LogP contribution in [0.25, 0.3) is 11.1 Å². The minimum Gasteiger partial charge on any atom is -0.478 e. The number of carboxylic acids is 1. The minimum absolute atomic E-state index is 0.0874. The largest absolute Gasteiger partial charge is 0.478 e. The van der Waals surface area contributed by atoms with Crippen LogP contribution >= 0.6 is 0 Å². The molecule has 17 heavy (non-hydrogen) atoms. The molecule has 0 aliphatic rings. The van der Waals surface area contributed by atoms with Gasteiger partial charge in [0.2, 0.25) is 0 Å². The van der Waals surface area contributed by atoms with Crippen molar-refractivity contribution in [1.29, 1.82) is 0 Å². The number of carboxylic acid groups (broad SMARTS) is 1. The highest BCUT2D eigenvalue weighted by molar-refractivity contribution is 5.88. The van der Waals surface area contributed by atoms with Crippen molar-refractivity contribution < 1.29 is 14.3 Å². The number of nitrogens with zero attached hydrogens (tertiary/aromatic N) is 1. The van der Waals surface area contributed by atoms with Crippen LogP contribution in [0.2, 0.25) is 0 Å². The van der Waals surface area contributed by atoms with E-state index in [-0.39, 0.29) is 11.4 Å². The second-order valence-electron chi connectivity index (χ2n) is 3.78. The minimum atomic E-state index is -1.05. The van der Waals surface area contributed by atoms with E-state index in [1.807, 2.05) is 0 Å². The zero-order chi connectivity index (χ0) is 12.4. The molecule has 86 valence electrons. The molecule has 1 heterocycles. The van der Waals surface area contributed by atoms with E-state index in [2.05, 4.69) is 4.98 Å². The molecule has 1 aromatic carbocycles. The lowest BCUT2D eigenvalue weighted by molar-refractivity contribution is 0.0696. The van der Waals surface area contributed by atoms with Crippen LogP contribution in [0.3, 0.4) is 0 Å². The van der Waals surface area contributed by atoms with Crippen LogP contribution in [0.5, 0.6) is 0 Å². The van der Waals surface area contributed by atoms with Gasteiger partial charge in [-0.3, -0.25) is 4.98 Å². The molecular formula is C13H10FNO2. The SMILES string of the molecule is Cc1cc(F)cc(-c2cncc(C(=O)O)c2)c1. The first-order chi connectivity index (χ1) is 8.06. The van der Waals surface area contributed by atoms with Gasteiger partial charge in [0.25, 0.3) is 0 Å². The summed E-state index contributed by atoms with van der Waals surface area (Å²) >= 11 is 0. The first kappa shape index (κ1) is 11.3. The number of pyridine rings is 1. The van der Waals surface area contributed by atoms with Crippen LogP contribution in [0.1, 0.15) is 15.9 Å². The summed E-state index contributed by atoms with van der Waals surface area (Å²) in [5.74, 6) is -1.40. The molecule has 1 N–H and O–H groups in total. The predicted molar refractivity (Wildman–Crippen MR) is 61.3 cm³/mol. The molecule has 0 aliphatic heterocycles. The van der Waals surface area contributed by atoms with E-state index in [9.17, 15) is 9.18 Å². The molecule has 2 rings (SSSR count). The summed E-state index contributed by atoms with van der Waals surface area (Å²) in [4.78, 5) is 14.6. The van der Waals surface area contributed by atoms with E-state index in [0.717, 1.165) is 5.56 Å². The Labute approximate surface area is 97.6 Å². The monoisotopic (exact) mass is 231 g/mol. The first-order valence-corrected chi connectivity index (χ1v) is 5.02. The van der Waals surface area contributed by atoms with Crippen molar-refractivity contribution in [3.8, 4) is 11.1 Å². The molecule has 2 aromatic rings. The average molecular weight is 231 g/mol. The second-order valence-corrected chi connectivity index (χ2v) is 3.78. The zero-order valence-electron chi connectivity index (χ0n) is 9.14. The van der Waals surface area contributed by atoms with Gasteiger partial charge in [-0.1, -0.05) is 6.07 Å². The standard InChI is InChI=1S/C13H10FNO2/c1-8-2-9(5-12(14)3-8)10-4-11(13(16)17)7-15-6-10/h2-7H,1H3,(H,16,17). The molecule has 4 heteroatoms. The lowest BCUT2D eigenvalue weighted by Gasteiger charge is -2.04. The van der Waals surface area contributed by atoms with E-state index >= 15 is 0 Å². The number of hydrogen-bond donors (Lipinski definition) is 1. The number of aryl methyl sites for hydroxylation is 1. The summed E-state index contributed by atoms with van der Waals surface area (Å²) in [5, 5.41) is 8.85. The molecule has 1 aromatic heterocycles. The Hall–Kier alpha value is -2.23. The smallest absolute Gasteiger partial charge is 0.337 e. The van der Waals surface area contributed by atoms with Crippen molar-refractivity contribution in [3.63, 3.8) is 0 Å². The van der Waals surface area contributed by atoms with Crippen LogP contribution in [0, 0.1) is 12.7 Å².